The normalized spacial score (nSPS) is 10.5. The molecule has 2 aromatic rings. The second kappa shape index (κ2) is 3.54. The van der Waals surface area contributed by atoms with E-state index in [1.54, 1.807) is 17.9 Å². The molecule has 0 saturated carbocycles. The zero-order valence-electron chi connectivity index (χ0n) is 7.77. The molecule has 0 aliphatic rings. The van der Waals surface area contributed by atoms with Crippen LogP contribution in [0.15, 0.2) is 27.4 Å². The summed E-state index contributed by atoms with van der Waals surface area (Å²) < 4.78 is 7.33. The second-order valence-electron chi connectivity index (χ2n) is 2.97. The van der Waals surface area contributed by atoms with Crippen molar-refractivity contribution in [1.82, 2.24) is 9.78 Å². The van der Waals surface area contributed by atoms with E-state index in [1.807, 2.05) is 0 Å². The zero-order chi connectivity index (χ0) is 11.0. The Morgan fingerprint density at radius 2 is 2.40 bits per heavy atom. The minimum absolute atomic E-state index is 0.0851. The van der Waals surface area contributed by atoms with E-state index in [1.165, 1.54) is 12.3 Å². The van der Waals surface area contributed by atoms with Crippen LogP contribution in [-0.2, 0) is 7.05 Å². The van der Waals surface area contributed by atoms with Gasteiger partial charge in [-0.25, -0.2) is 4.79 Å². The summed E-state index contributed by atoms with van der Waals surface area (Å²) in [6.45, 7) is 0. The summed E-state index contributed by atoms with van der Waals surface area (Å²) in [7, 11) is 1.77. The molecule has 0 fully saturated rings. The number of aromatic nitrogens is 2. The first kappa shape index (κ1) is 9.97. The highest BCUT2D eigenvalue weighted by molar-refractivity contribution is 9.10. The van der Waals surface area contributed by atoms with Crippen LogP contribution in [0.3, 0.4) is 0 Å². The molecule has 0 atom stereocenters. The highest BCUT2D eigenvalue weighted by Crippen LogP contribution is 2.28. The fourth-order valence-corrected chi connectivity index (χ4v) is 1.89. The molecule has 1 N–H and O–H groups in total. The van der Waals surface area contributed by atoms with Crippen LogP contribution in [-0.4, -0.2) is 20.9 Å². The van der Waals surface area contributed by atoms with E-state index >= 15 is 0 Å². The number of carbonyl (C=O) groups is 1. The second-order valence-corrected chi connectivity index (χ2v) is 3.82. The molecular formula is C9H7BrN2O3. The number of rotatable bonds is 2. The Morgan fingerprint density at radius 3 is 2.87 bits per heavy atom. The molecule has 5 nitrogen and oxygen atoms in total. The lowest BCUT2D eigenvalue weighted by Crippen LogP contribution is -1.94. The molecule has 0 saturated heterocycles. The van der Waals surface area contributed by atoms with Gasteiger partial charge in [-0.15, -0.1) is 0 Å². The molecule has 0 bridgehead atoms. The van der Waals surface area contributed by atoms with Gasteiger partial charge >= 0.3 is 5.97 Å². The van der Waals surface area contributed by atoms with Gasteiger partial charge in [0.25, 0.3) is 0 Å². The van der Waals surface area contributed by atoms with Gasteiger partial charge in [0.2, 0.25) is 5.76 Å². The lowest BCUT2D eigenvalue weighted by atomic mass is 10.2. The molecule has 6 heteroatoms. The number of halogens is 1. The zero-order valence-corrected chi connectivity index (χ0v) is 9.35. The third-order valence-electron chi connectivity index (χ3n) is 1.98. The third kappa shape index (κ3) is 1.68. The highest BCUT2D eigenvalue weighted by atomic mass is 79.9. The van der Waals surface area contributed by atoms with E-state index in [4.69, 9.17) is 9.52 Å². The Hall–Kier alpha value is -1.56. The molecule has 0 unspecified atom stereocenters. The Balaban J connectivity index is 2.50. The molecule has 2 rings (SSSR count). The van der Waals surface area contributed by atoms with Gasteiger partial charge in [-0.2, -0.15) is 5.10 Å². The maximum absolute atomic E-state index is 10.6. The predicted octanol–water partition coefficient (Wildman–Crippen LogP) is 2.14. The largest absolute Gasteiger partial charge is 0.475 e. The maximum atomic E-state index is 10.6. The monoisotopic (exact) mass is 270 g/mol. The van der Waals surface area contributed by atoms with Gasteiger partial charge in [0.15, 0.2) is 0 Å². The van der Waals surface area contributed by atoms with Crippen molar-refractivity contribution in [2.75, 3.05) is 0 Å². The van der Waals surface area contributed by atoms with Gasteiger partial charge in [0.1, 0.15) is 6.26 Å². The van der Waals surface area contributed by atoms with Crippen LogP contribution >= 0.6 is 15.9 Å². The van der Waals surface area contributed by atoms with Gasteiger partial charge in [0, 0.05) is 18.7 Å². The smallest absolute Gasteiger partial charge is 0.371 e. The number of aryl methyl sites for hydroxylation is 1. The summed E-state index contributed by atoms with van der Waals surface area (Å²) in [5, 5.41) is 12.7. The summed E-state index contributed by atoms with van der Waals surface area (Å²) in [6, 6.07) is 1.46. The summed E-state index contributed by atoms with van der Waals surface area (Å²) >= 11 is 3.33. The van der Waals surface area contributed by atoms with Crippen LogP contribution in [0.4, 0.5) is 0 Å². The van der Waals surface area contributed by atoms with Gasteiger partial charge < -0.3 is 9.52 Å². The predicted molar refractivity (Wildman–Crippen MR) is 55.6 cm³/mol. The first-order valence-corrected chi connectivity index (χ1v) is 4.88. The van der Waals surface area contributed by atoms with Crippen molar-refractivity contribution in [2.45, 2.75) is 0 Å². The van der Waals surface area contributed by atoms with E-state index in [0.717, 1.165) is 10.2 Å². The Labute approximate surface area is 93.4 Å². The molecule has 0 aromatic carbocycles. The Kier molecular flexibility index (Phi) is 2.36. The number of carboxylic acid groups (broad SMARTS) is 1. The molecule has 2 heterocycles. The van der Waals surface area contributed by atoms with Crippen LogP contribution in [0.2, 0.25) is 0 Å². The average molecular weight is 271 g/mol. The maximum Gasteiger partial charge on any atom is 0.371 e. The summed E-state index contributed by atoms with van der Waals surface area (Å²) in [4.78, 5) is 10.6. The number of furan rings is 1. The number of nitrogens with zero attached hydrogens (tertiary/aromatic N) is 2. The molecule has 0 radical (unpaired) electrons. The topological polar surface area (TPSA) is 68.3 Å². The van der Waals surface area contributed by atoms with Crippen molar-refractivity contribution >= 4 is 21.9 Å². The van der Waals surface area contributed by atoms with Gasteiger partial charge in [-0.3, -0.25) is 4.68 Å². The van der Waals surface area contributed by atoms with Gasteiger partial charge in [0.05, 0.1) is 16.4 Å². The molecule has 2 aromatic heterocycles. The molecule has 78 valence electrons. The molecule has 0 aliphatic carbocycles. The van der Waals surface area contributed by atoms with Crippen LogP contribution in [0.25, 0.3) is 11.3 Å². The highest BCUT2D eigenvalue weighted by Gasteiger charge is 2.14. The van der Waals surface area contributed by atoms with Crippen molar-refractivity contribution < 1.29 is 14.3 Å². The summed E-state index contributed by atoms with van der Waals surface area (Å²) in [5.41, 5.74) is 1.46. The van der Waals surface area contributed by atoms with Crippen molar-refractivity contribution in [3.05, 3.63) is 28.8 Å². The summed E-state index contributed by atoms with van der Waals surface area (Å²) in [5.74, 6) is -1.17. The van der Waals surface area contributed by atoms with E-state index in [9.17, 15) is 4.79 Å². The van der Waals surface area contributed by atoms with E-state index in [-0.39, 0.29) is 5.76 Å². The molecular weight excluding hydrogens is 264 g/mol. The van der Waals surface area contributed by atoms with E-state index in [2.05, 4.69) is 21.0 Å². The van der Waals surface area contributed by atoms with Crippen LogP contribution < -0.4 is 0 Å². The molecule has 0 spiro atoms. The minimum atomic E-state index is -1.08. The first-order chi connectivity index (χ1) is 7.09. The Bertz CT molecular complexity index is 496. The number of carboxylic acids is 1. The van der Waals surface area contributed by atoms with Crippen molar-refractivity contribution in [2.24, 2.45) is 7.05 Å². The van der Waals surface area contributed by atoms with E-state index < -0.39 is 5.97 Å². The quantitative estimate of drug-likeness (QED) is 0.908. The lowest BCUT2D eigenvalue weighted by Gasteiger charge is -1.97. The van der Waals surface area contributed by atoms with E-state index in [0.29, 0.717) is 5.56 Å². The van der Waals surface area contributed by atoms with Crippen molar-refractivity contribution in [3.8, 4) is 11.3 Å². The van der Waals surface area contributed by atoms with Crippen LogP contribution in [0.5, 0.6) is 0 Å². The standard InChI is InChI=1S/C9H7BrN2O3/c1-12-8(6(10)3-11-12)5-2-7(9(13)14)15-4-5/h2-4H,1H3,(H,13,14). The number of hydrogen-bond donors (Lipinski definition) is 1. The van der Waals surface area contributed by atoms with Gasteiger partial charge in [-0.1, -0.05) is 0 Å². The number of aromatic carboxylic acids is 1. The molecule has 15 heavy (non-hydrogen) atoms. The Morgan fingerprint density at radius 1 is 1.67 bits per heavy atom. The van der Waals surface area contributed by atoms with Gasteiger partial charge in [-0.05, 0) is 15.9 Å². The van der Waals surface area contributed by atoms with Crippen molar-refractivity contribution in [3.63, 3.8) is 0 Å². The third-order valence-corrected chi connectivity index (χ3v) is 2.56. The average Bonchev–Trinajstić information content (AvgIpc) is 2.73. The van der Waals surface area contributed by atoms with Crippen LogP contribution in [0.1, 0.15) is 10.6 Å². The molecule has 0 amide bonds. The first-order valence-electron chi connectivity index (χ1n) is 4.09. The van der Waals surface area contributed by atoms with Crippen LogP contribution in [0, 0.1) is 0 Å². The fraction of sp³-hybridized carbons (Fsp3) is 0.111. The SMILES string of the molecule is Cn1ncc(Br)c1-c1coc(C(=O)O)c1. The molecule has 0 aliphatic heterocycles. The minimum Gasteiger partial charge on any atom is -0.475 e. The number of hydrogen-bond acceptors (Lipinski definition) is 3. The lowest BCUT2D eigenvalue weighted by molar-refractivity contribution is 0.0662. The van der Waals surface area contributed by atoms with Crippen molar-refractivity contribution in [1.29, 1.82) is 0 Å². The summed E-state index contributed by atoms with van der Waals surface area (Å²) in [6.07, 6.45) is 3.04. The fourth-order valence-electron chi connectivity index (χ4n) is 1.31.